The normalized spacial score (nSPS) is 14.0. The Bertz CT molecular complexity index is 551. The molecule has 2 atom stereocenters. The third-order valence-electron chi connectivity index (χ3n) is 3.34. The molecule has 1 unspecified atom stereocenters. The van der Waals surface area contributed by atoms with Crippen LogP contribution in [0.25, 0.3) is 0 Å². The lowest BCUT2D eigenvalue weighted by atomic mass is 10.0. The Morgan fingerprint density at radius 2 is 1.65 bits per heavy atom. The summed E-state index contributed by atoms with van der Waals surface area (Å²) in [5.41, 5.74) is 2.01. The molecular weight excluding hydrogens is 256 g/mol. The summed E-state index contributed by atoms with van der Waals surface area (Å²) in [6.07, 6.45) is 0.805. The highest BCUT2D eigenvalue weighted by Crippen LogP contribution is 2.15. The first-order chi connectivity index (χ1) is 9.54. The zero-order valence-corrected chi connectivity index (χ0v) is 11.7. The van der Waals surface area contributed by atoms with Gasteiger partial charge in [-0.25, -0.2) is 8.78 Å². The highest BCUT2D eigenvalue weighted by Gasteiger charge is 2.10. The predicted molar refractivity (Wildman–Crippen MR) is 77.5 cm³/mol. The SMILES string of the molecule is CC(Cc1ccc(F)cc1)N[C@H](C)c1cccc(F)c1. The van der Waals surface area contributed by atoms with Crippen LogP contribution < -0.4 is 5.32 Å². The minimum atomic E-state index is -0.220. The number of hydrogen-bond donors (Lipinski definition) is 1. The van der Waals surface area contributed by atoms with E-state index in [4.69, 9.17) is 0 Å². The molecule has 0 aliphatic rings. The van der Waals surface area contributed by atoms with Crippen molar-refractivity contribution < 1.29 is 8.78 Å². The van der Waals surface area contributed by atoms with E-state index in [9.17, 15) is 8.78 Å². The van der Waals surface area contributed by atoms with Gasteiger partial charge in [0.05, 0.1) is 0 Å². The van der Waals surface area contributed by atoms with Crippen molar-refractivity contribution >= 4 is 0 Å². The lowest BCUT2D eigenvalue weighted by molar-refractivity contribution is 0.475. The maximum Gasteiger partial charge on any atom is 0.123 e. The molecule has 0 aromatic heterocycles. The Balaban J connectivity index is 1.93. The van der Waals surface area contributed by atoms with E-state index in [0.29, 0.717) is 0 Å². The second-order valence-electron chi connectivity index (χ2n) is 5.17. The van der Waals surface area contributed by atoms with E-state index < -0.39 is 0 Å². The van der Waals surface area contributed by atoms with Crippen molar-refractivity contribution in [1.82, 2.24) is 5.32 Å². The molecule has 0 aliphatic carbocycles. The number of benzene rings is 2. The monoisotopic (exact) mass is 275 g/mol. The largest absolute Gasteiger partial charge is 0.307 e. The van der Waals surface area contributed by atoms with Gasteiger partial charge in [-0.1, -0.05) is 24.3 Å². The maximum atomic E-state index is 13.2. The molecule has 0 bridgehead atoms. The molecule has 0 saturated heterocycles. The van der Waals surface area contributed by atoms with E-state index in [0.717, 1.165) is 17.5 Å². The summed E-state index contributed by atoms with van der Waals surface area (Å²) in [6, 6.07) is 13.4. The van der Waals surface area contributed by atoms with Crippen LogP contribution in [-0.2, 0) is 6.42 Å². The smallest absolute Gasteiger partial charge is 0.123 e. The van der Waals surface area contributed by atoms with Gasteiger partial charge < -0.3 is 5.32 Å². The molecule has 0 radical (unpaired) electrons. The quantitative estimate of drug-likeness (QED) is 0.860. The number of nitrogens with one attached hydrogen (secondary N) is 1. The summed E-state index contributed by atoms with van der Waals surface area (Å²) >= 11 is 0. The zero-order valence-electron chi connectivity index (χ0n) is 11.7. The predicted octanol–water partition coefficient (Wildman–Crippen LogP) is 4.25. The van der Waals surface area contributed by atoms with Crippen LogP contribution in [0.2, 0.25) is 0 Å². The molecule has 0 fully saturated rings. The maximum absolute atomic E-state index is 13.2. The second kappa shape index (κ2) is 6.62. The number of halogens is 2. The average Bonchev–Trinajstić information content (AvgIpc) is 2.41. The van der Waals surface area contributed by atoms with Gasteiger partial charge in [-0.3, -0.25) is 0 Å². The van der Waals surface area contributed by atoms with Gasteiger partial charge in [0.1, 0.15) is 11.6 Å². The van der Waals surface area contributed by atoms with E-state index in [2.05, 4.69) is 12.2 Å². The highest BCUT2D eigenvalue weighted by atomic mass is 19.1. The first kappa shape index (κ1) is 14.7. The highest BCUT2D eigenvalue weighted by molar-refractivity contribution is 5.20. The molecule has 106 valence electrons. The fraction of sp³-hybridized carbons (Fsp3) is 0.294. The molecule has 1 nitrogen and oxygen atoms in total. The van der Waals surface area contributed by atoms with Crippen LogP contribution >= 0.6 is 0 Å². The summed E-state index contributed by atoms with van der Waals surface area (Å²) in [5, 5.41) is 3.43. The van der Waals surface area contributed by atoms with Crippen LogP contribution in [0.4, 0.5) is 8.78 Å². The van der Waals surface area contributed by atoms with Gasteiger partial charge >= 0.3 is 0 Å². The van der Waals surface area contributed by atoms with Crippen molar-refractivity contribution in [2.45, 2.75) is 32.4 Å². The lowest BCUT2D eigenvalue weighted by Crippen LogP contribution is -2.30. The molecule has 2 aromatic rings. The van der Waals surface area contributed by atoms with Crippen LogP contribution in [-0.4, -0.2) is 6.04 Å². The van der Waals surface area contributed by atoms with Gasteiger partial charge in [-0.15, -0.1) is 0 Å². The van der Waals surface area contributed by atoms with Crippen molar-refractivity contribution in [1.29, 1.82) is 0 Å². The molecule has 2 aromatic carbocycles. The topological polar surface area (TPSA) is 12.0 Å². The van der Waals surface area contributed by atoms with E-state index >= 15 is 0 Å². The van der Waals surface area contributed by atoms with Crippen LogP contribution in [0.3, 0.4) is 0 Å². The van der Waals surface area contributed by atoms with Gasteiger partial charge in [-0.05, 0) is 55.7 Å². The third kappa shape index (κ3) is 4.14. The van der Waals surface area contributed by atoms with Crippen LogP contribution in [0.5, 0.6) is 0 Å². The number of rotatable bonds is 5. The van der Waals surface area contributed by atoms with Crippen molar-refractivity contribution in [3.63, 3.8) is 0 Å². The van der Waals surface area contributed by atoms with Gasteiger partial charge in [0, 0.05) is 12.1 Å². The van der Waals surface area contributed by atoms with Crippen molar-refractivity contribution in [2.24, 2.45) is 0 Å². The molecule has 3 heteroatoms. The van der Waals surface area contributed by atoms with Crippen LogP contribution in [0.1, 0.15) is 31.0 Å². The Morgan fingerprint density at radius 3 is 2.30 bits per heavy atom. The Kier molecular flexibility index (Phi) is 4.85. The summed E-state index contributed by atoms with van der Waals surface area (Å²) in [6.45, 7) is 4.08. The molecule has 1 N–H and O–H groups in total. The fourth-order valence-corrected chi connectivity index (χ4v) is 2.33. The van der Waals surface area contributed by atoms with Crippen molar-refractivity contribution in [3.8, 4) is 0 Å². The van der Waals surface area contributed by atoms with Gasteiger partial charge in [0.25, 0.3) is 0 Å². The zero-order chi connectivity index (χ0) is 14.5. The second-order valence-corrected chi connectivity index (χ2v) is 5.17. The van der Waals surface area contributed by atoms with E-state index in [1.807, 2.05) is 13.0 Å². The number of hydrogen-bond acceptors (Lipinski definition) is 1. The van der Waals surface area contributed by atoms with E-state index in [1.165, 1.54) is 18.2 Å². The first-order valence-corrected chi connectivity index (χ1v) is 6.80. The van der Waals surface area contributed by atoms with Gasteiger partial charge in [0.2, 0.25) is 0 Å². The Labute approximate surface area is 118 Å². The third-order valence-corrected chi connectivity index (χ3v) is 3.34. The molecule has 0 aliphatic heterocycles. The summed E-state index contributed by atoms with van der Waals surface area (Å²) < 4.78 is 26.0. The average molecular weight is 275 g/mol. The molecular formula is C17H19F2N. The van der Waals surface area contributed by atoms with E-state index in [-0.39, 0.29) is 23.7 Å². The van der Waals surface area contributed by atoms with Crippen molar-refractivity contribution in [3.05, 3.63) is 71.3 Å². The Morgan fingerprint density at radius 1 is 0.950 bits per heavy atom. The minimum Gasteiger partial charge on any atom is -0.307 e. The van der Waals surface area contributed by atoms with Crippen LogP contribution in [0.15, 0.2) is 48.5 Å². The molecule has 0 heterocycles. The first-order valence-electron chi connectivity index (χ1n) is 6.80. The fourth-order valence-electron chi connectivity index (χ4n) is 2.33. The van der Waals surface area contributed by atoms with E-state index in [1.54, 1.807) is 24.3 Å². The van der Waals surface area contributed by atoms with Gasteiger partial charge in [-0.2, -0.15) is 0 Å². The summed E-state index contributed by atoms with van der Waals surface area (Å²) in [7, 11) is 0. The molecule has 2 rings (SSSR count). The molecule has 0 amide bonds. The van der Waals surface area contributed by atoms with Crippen molar-refractivity contribution in [2.75, 3.05) is 0 Å². The van der Waals surface area contributed by atoms with Crippen LogP contribution in [0, 0.1) is 11.6 Å². The standard InChI is InChI=1S/C17H19F2N/c1-12(10-14-6-8-16(18)9-7-14)20-13(2)15-4-3-5-17(19)11-15/h3-9,11-13,20H,10H2,1-2H3/t12?,13-/m1/s1. The molecule has 20 heavy (non-hydrogen) atoms. The Hall–Kier alpha value is -1.74. The summed E-state index contributed by atoms with van der Waals surface area (Å²) in [5.74, 6) is -0.440. The molecule has 0 saturated carbocycles. The molecule has 0 spiro atoms. The lowest BCUT2D eigenvalue weighted by Gasteiger charge is -2.20. The van der Waals surface area contributed by atoms with Gasteiger partial charge in [0.15, 0.2) is 0 Å². The summed E-state index contributed by atoms with van der Waals surface area (Å²) in [4.78, 5) is 0. The minimum absolute atomic E-state index is 0.0705.